The molecule has 88 valence electrons. The molecule has 0 fully saturated rings. The van der Waals surface area contributed by atoms with Gasteiger partial charge in [-0.3, -0.25) is 4.79 Å². The average Bonchev–Trinajstić information content (AvgIpc) is 2.24. The molecular formula is C11H15BrN2O2. The highest BCUT2D eigenvalue weighted by atomic mass is 79.9. The second-order valence-electron chi connectivity index (χ2n) is 3.37. The molecular weight excluding hydrogens is 272 g/mol. The van der Waals surface area contributed by atoms with Crippen molar-refractivity contribution in [1.29, 1.82) is 0 Å². The van der Waals surface area contributed by atoms with E-state index >= 15 is 0 Å². The zero-order valence-corrected chi connectivity index (χ0v) is 10.7. The Labute approximate surface area is 103 Å². The fourth-order valence-electron chi connectivity index (χ4n) is 1.17. The summed E-state index contributed by atoms with van der Waals surface area (Å²) in [7, 11) is 0. The van der Waals surface area contributed by atoms with Crippen molar-refractivity contribution < 1.29 is 9.53 Å². The number of nitrogens with one attached hydrogen (secondary N) is 1. The van der Waals surface area contributed by atoms with E-state index in [-0.39, 0.29) is 12.5 Å². The van der Waals surface area contributed by atoms with Crippen LogP contribution >= 0.6 is 15.9 Å². The molecule has 0 bridgehead atoms. The Hall–Kier alpha value is -0.910. The first kappa shape index (κ1) is 13.2. The lowest BCUT2D eigenvalue weighted by Gasteiger charge is -2.08. The van der Waals surface area contributed by atoms with Crippen molar-refractivity contribution in [1.82, 2.24) is 0 Å². The lowest BCUT2D eigenvalue weighted by molar-refractivity contribution is -0.120. The van der Waals surface area contributed by atoms with E-state index in [1.165, 1.54) is 0 Å². The van der Waals surface area contributed by atoms with Crippen molar-refractivity contribution in [3.63, 3.8) is 0 Å². The van der Waals surface area contributed by atoms with Gasteiger partial charge in [0.2, 0.25) is 5.91 Å². The van der Waals surface area contributed by atoms with Gasteiger partial charge in [-0.2, -0.15) is 0 Å². The van der Waals surface area contributed by atoms with Gasteiger partial charge in [-0.25, -0.2) is 0 Å². The van der Waals surface area contributed by atoms with Gasteiger partial charge in [0.1, 0.15) is 6.61 Å². The lowest BCUT2D eigenvalue weighted by atomic mass is 10.2. The highest BCUT2D eigenvalue weighted by Crippen LogP contribution is 2.23. The van der Waals surface area contributed by atoms with E-state index in [9.17, 15) is 4.79 Å². The van der Waals surface area contributed by atoms with E-state index in [2.05, 4.69) is 21.2 Å². The second-order valence-corrected chi connectivity index (χ2v) is 4.23. The molecule has 0 saturated carbocycles. The summed E-state index contributed by atoms with van der Waals surface area (Å²) in [5.41, 5.74) is 7.08. The summed E-state index contributed by atoms with van der Waals surface area (Å²) >= 11 is 3.37. The molecule has 0 aliphatic heterocycles. The Bertz CT molecular complexity index is 369. The maximum Gasteiger partial charge on any atom is 0.250 e. The van der Waals surface area contributed by atoms with Crippen LogP contribution in [-0.2, 0) is 9.53 Å². The van der Waals surface area contributed by atoms with E-state index < -0.39 is 0 Å². The maximum atomic E-state index is 11.5. The number of carbonyl (C=O) groups is 1. The van der Waals surface area contributed by atoms with Crippen LogP contribution in [0.5, 0.6) is 0 Å². The summed E-state index contributed by atoms with van der Waals surface area (Å²) in [6.45, 7) is 2.80. The van der Waals surface area contributed by atoms with Gasteiger partial charge in [-0.15, -0.1) is 0 Å². The standard InChI is InChI=1S/C11H15BrN2O2/c1-8-2-3-9(12)10(6-8)14-11(15)7-16-5-4-13/h2-3,6H,4-5,7,13H2,1H3,(H,14,15). The summed E-state index contributed by atoms with van der Waals surface area (Å²) in [5.74, 6) is -0.181. The van der Waals surface area contributed by atoms with Crippen LogP contribution in [0.15, 0.2) is 22.7 Å². The number of anilines is 1. The van der Waals surface area contributed by atoms with Crippen LogP contribution in [0.2, 0.25) is 0 Å². The Morgan fingerprint density at radius 3 is 3.00 bits per heavy atom. The SMILES string of the molecule is Cc1ccc(Br)c(NC(=O)COCCN)c1. The second kappa shape index (κ2) is 6.62. The first-order chi connectivity index (χ1) is 7.63. The molecule has 0 heterocycles. The molecule has 0 aliphatic rings. The topological polar surface area (TPSA) is 64.3 Å². The van der Waals surface area contributed by atoms with E-state index in [1.54, 1.807) is 0 Å². The minimum atomic E-state index is -0.181. The van der Waals surface area contributed by atoms with Gasteiger partial charge in [0.05, 0.1) is 12.3 Å². The van der Waals surface area contributed by atoms with Gasteiger partial charge in [-0.1, -0.05) is 6.07 Å². The molecule has 4 nitrogen and oxygen atoms in total. The van der Waals surface area contributed by atoms with Crippen LogP contribution in [0.4, 0.5) is 5.69 Å². The third-order valence-electron chi connectivity index (χ3n) is 1.89. The lowest BCUT2D eigenvalue weighted by Crippen LogP contribution is -2.20. The van der Waals surface area contributed by atoms with Crippen molar-refractivity contribution in [3.8, 4) is 0 Å². The summed E-state index contributed by atoms with van der Waals surface area (Å²) in [4.78, 5) is 11.5. The maximum absolute atomic E-state index is 11.5. The molecule has 0 unspecified atom stereocenters. The van der Waals surface area contributed by atoms with Crippen molar-refractivity contribution >= 4 is 27.5 Å². The molecule has 16 heavy (non-hydrogen) atoms. The first-order valence-corrected chi connectivity index (χ1v) is 5.76. The molecule has 0 atom stereocenters. The van der Waals surface area contributed by atoms with Crippen molar-refractivity contribution in [2.45, 2.75) is 6.92 Å². The zero-order chi connectivity index (χ0) is 12.0. The number of ether oxygens (including phenoxy) is 1. The molecule has 0 radical (unpaired) electrons. The van der Waals surface area contributed by atoms with Crippen LogP contribution in [0.1, 0.15) is 5.56 Å². The summed E-state index contributed by atoms with van der Waals surface area (Å²) < 4.78 is 5.89. The Balaban J connectivity index is 2.52. The zero-order valence-electron chi connectivity index (χ0n) is 9.13. The third-order valence-corrected chi connectivity index (χ3v) is 2.58. The number of hydrogen-bond acceptors (Lipinski definition) is 3. The van der Waals surface area contributed by atoms with Gasteiger partial charge in [0.15, 0.2) is 0 Å². The van der Waals surface area contributed by atoms with Gasteiger partial charge in [0.25, 0.3) is 0 Å². The van der Waals surface area contributed by atoms with E-state index in [0.717, 1.165) is 15.7 Å². The number of amides is 1. The number of nitrogens with two attached hydrogens (primary N) is 1. The number of rotatable bonds is 5. The van der Waals surface area contributed by atoms with E-state index in [0.29, 0.717) is 13.2 Å². The minimum Gasteiger partial charge on any atom is -0.370 e. The van der Waals surface area contributed by atoms with Crippen LogP contribution < -0.4 is 11.1 Å². The summed E-state index contributed by atoms with van der Waals surface area (Å²) in [6, 6.07) is 5.75. The van der Waals surface area contributed by atoms with Crippen LogP contribution in [0.25, 0.3) is 0 Å². The quantitative estimate of drug-likeness (QED) is 0.810. The van der Waals surface area contributed by atoms with Gasteiger partial charge >= 0.3 is 0 Å². The first-order valence-electron chi connectivity index (χ1n) is 4.97. The number of hydrogen-bond donors (Lipinski definition) is 2. The van der Waals surface area contributed by atoms with Crippen LogP contribution in [-0.4, -0.2) is 25.7 Å². The third kappa shape index (κ3) is 4.30. The number of aryl methyl sites for hydroxylation is 1. The van der Waals surface area contributed by atoms with E-state index in [1.807, 2.05) is 25.1 Å². The molecule has 0 aliphatic carbocycles. The highest BCUT2D eigenvalue weighted by molar-refractivity contribution is 9.10. The monoisotopic (exact) mass is 286 g/mol. The Morgan fingerprint density at radius 2 is 2.31 bits per heavy atom. The Morgan fingerprint density at radius 1 is 1.56 bits per heavy atom. The number of carbonyl (C=O) groups excluding carboxylic acids is 1. The molecule has 0 aromatic heterocycles. The average molecular weight is 287 g/mol. The molecule has 1 aromatic rings. The summed E-state index contributed by atoms with van der Waals surface area (Å²) in [5, 5.41) is 2.76. The normalized spacial score (nSPS) is 10.2. The molecule has 0 spiro atoms. The molecule has 1 aromatic carbocycles. The van der Waals surface area contributed by atoms with Gasteiger partial charge in [0, 0.05) is 11.0 Å². The van der Waals surface area contributed by atoms with Crippen LogP contribution in [0, 0.1) is 6.92 Å². The fraction of sp³-hybridized carbons (Fsp3) is 0.364. The molecule has 1 rings (SSSR count). The van der Waals surface area contributed by atoms with Crippen molar-refractivity contribution in [2.24, 2.45) is 5.73 Å². The predicted molar refractivity (Wildman–Crippen MR) is 67.4 cm³/mol. The highest BCUT2D eigenvalue weighted by Gasteiger charge is 2.05. The minimum absolute atomic E-state index is 0.0254. The summed E-state index contributed by atoms with van der Waals surface area (Å²) in [6.07, 6.45) is 0. The predicted octanol–water partition coefficient (Wildman–Crippen LogP) is 1.67. The molecule has 3 N–H and O–H groups in total. The van der Waals surface area contributed by atoms with Crippen molar-refractivity contribution in [3.05, 3.63) is 28.2 Å². The largest absolute Gasteiger partial charge is 0.370 e. The smallest absolute Gasteiger partial charge is 0.250 e. The number of benzene rings is 1. The molecule has 1 amide bonds. The fourth-order valence-corrected chi connectivity index (χ4v) is 1.52. The number of halogens is 1. The van der Waals surface area contributed by atoms with Crippen LogP contribution in [0.3, 0.4) is 0 Å². The molecule has 5 heteroatoms. The van der Waals surface area contributed by atoms with Gasteiger partial charge in [-0.05, 0) is 40.5 Å². The van der Waals surface area contributed by atoms with E-state index in [4.69, 9.17) is 10.5 Å². The Kier molecular flexibility index (Phi) is 5.45. The van der Waals surface area contributed by atoms with Gasteiger partial charge < -0.3 is 15.8 Å². The molecule has 0 saturated heterocycles. The van der Waals surface area contributed by atoms with Crippen molar-refractivity contribution in [2.75, 3.05) is 25.1 Å².